The molecule has 1 N–H and O–H groups in total. The number of benzene rings is 1. The summed E-state index contributed by atoms with van der Waals surface area (Å²) in [5, 5.41) is 3.36. The minimum atomic E-state index is 0.698. The smallest absolute Gasteiger partial charge is 0.0713 e. The Labute approximate surface area is 110 Å². The summed E-state index contributed by atoms with van der Waals surface area (Å²) in [6.07, 6.45) is 3.59. The Morgan fingerprint density at radius 2 is 1.61 bits per heavy atom. The van der Waals surface area contributed by atoms with Gasteiger partial charge in [-0.1, -0.05) is 24.3 Å². The van der Waals surface area contributed by atoms with Gasteiger partial charge >= 0.3 is 0 Å². The van der Waals surface area contributed by atoms with Crippen LogP contribution >= 0.6 is 0 Å². The summed E-state index contributed by atoms with van der Waals surface area (Å²) in [6, 6.07) is 8.70. The molecule has 3 heteroatoms. The largest absolute Gasteiger partial charge is 0.383 e. The van der Waals surface area contributed by atoms with E-state index in [1.165, 1.54) is 24.0 Å². The van der Waals surface area contributed by atoms with Gasteiger partial charge in [0.1, 0.15) is 0 Å². The molecule has 1 rings (SSSR count). The van der Waals surface area contributed by atoms with E-state index in [-0.39, 0.29) is 0 Å². The molecule has 3 nitrogen and oxygen atoms in total. The molecule has 0 amide bonds. The maximum atomic E-state index is 5.09. The second kappa shape index (κ2) is 10.1. The predicted molar refractivity (Wildman–Crippen MR) is 74.8 cm³/mol. The lowest BCUT2D eigenvalue weighted by Crippen LogP contribution is -2.20. The van der Waals surface area contributed by atoms with Gasteiger partial charge in [-0.3, -0.25) is 0 Å². The lowest BCUT2D eigenvalue weighted by Gasteiger charge is -2.05. The number of methoxy groups -OCH3 is 2. The number of rotatable bonds is 10. The van der Waals surface area contributed by atoms with E-state index in [4.69, 9.17) is 9.47 Å². The van der Waals surface area contributed by atoms with Crippen molar-refractivity contribution in [1.82, 2.24) is 5.32 Å². The maximum absolute atomic E-state index is 5.09. The summed E-state index contributed by atoms with van der Waals surface area (Å²) in [5.74, 6) is 0. The molecular formula is C15H25NO2. The first-order chi connectivity index (χ1) is 8.86. The lowest BCUT2D eigenvalue weighted by atomic mass is 10.1. The average molecular weight is 251 g/mol. The first-order valence-corrected chi connectivity index (χ1v) is 6.63. The van der Waals surface area contributed by atoms with Crippen LogP contribution in [0.1, 0.15) is 24.0 Å². The highest BCUT2D eigenvalue weighted by Gasteiger charge is 1.95. The summed E-state index contributed by atoms with van der Waals surface area (Å²) in [7, 11) is 3.46. The molecule has 0 bridgehead atoms. The van der Waals surface area contributed by atoms with Gasteiger partial charge in [-0.05, 0) is 36.9 Å². The van der Waals surface area contributed by atoms with Crippen LogP contribution in [-0.2, 0) is 22.5 Å². The topological polar surface area (TPSA) is 30.5 Å². The molecule has 0 aliphatic heterocycles. The second-order valence-corrected chi connectivity index (χ2v) is 4.45. The van der Waals surface area contributed by atoms with Crippen LogP contribution in [0.3, 0.4) is 0 Å². The Bertz CT molecular complexity index is 298. The first kappa shape index (κ1) is 15.2. The highest BCUT2D eigenvalue weighted by atomic mass is 16.5. The van der Waals surface area contributed by atoms with Crippen molar-refractivity contribution in [2.75, 3.05) is 33.9 Å². The Morgan fingerprint density at radius 1 is 0.889 bits per heavy atom. The summed E-state index contributed by atoms with van der Waals surface area (Å²) in [4.78, 5) is 0. The van der Waals surface area contributed by atoms with E-state index in [9.17, 15) is 0 Å². The van der Waals surface area contributed by atoms with Crippen molar-refractivity contribution in [1.29, 1.82) is 0 Å². The SMILES string of the molecule is COCCNCCCCc1ccc(COC)cc1. The molecule has 0 unspecified atom stereocenters. The standard InChI is InChI=1S/C15H25NO2/c1-17-12-11-16-10-4-3-5-14-6-8-15(9-7-14)13-18-2/h6-9,16H,3-5,10-13H2,1-2H3. The Morgan fingerprint density at radius 3 is 2.28 bits per heavy atom. The van der Waals surface area contributed by atoms with Crippen molar-refractivity contribution >= 4 is 0 Å². The van der Waals surface area contributed by atoms with Crippen molar-refractivity contribution in [2.45, 2.75) is 25.9 Å². The van der Waals surface area contributed by atoms with Crippen molar-refractivity contribution < 1.29 is 9.47 Å². The molecule has 102 valence electrons. The summed E-state index contributed by atoms with van der Waals surface area (Å²) in [5.41, 5.74) is 2.65. The van der Waals surface area contributed by atoms with E-state index >= 15 is 0 Å². The third-order valence-corrected chi connectivity index (χ3v) is 2.89. The van der Waals surface area contributed by atoms with Crippen molar-refractivity contribution in [2.24, 2.45) is 0 Å². The maximum Gasteiger partial charge on any atom is 0.0713 e. The van der Waals surface area contributed by atoms with Gasteiger partial charge in [-0.2, -0.15) is 0 Å². The fraction of sp³-hybridized carbons (Fsp3) is 0.600. The van der Waals surface area contributed by atoms with Crippen LogP contribution in [0.15, 0.2) is 24.3 Å². The van der Waals surface area contributed by atoms with Crippen LogP contribution in [0.5, 0.6) is 0 Å². The van der Waals surface area contributed by atoms with Gasteiger partial charge in [0.2, 0.25) is 0 Å². The molecule has 0 radical (unpaired) electrons. The molecule has 1 aromatic rings. The minimum absolute atomic E-state index is 0.698. The molecule has 0 aromatic heterocycles. The number of hydrogen-bond acceptors (Lipinski definition) is 3. The lowest BCUT2D eigenvalue weighted by molar-refractivity contribution is 0.185. The molecule has 0 saturated heterocycles. The minimum Gasteiger partial charge on any atom is -0.383 e. The zero-order valence-electron chi connectivity index (χ0n) is 11.6. The third-order valence-electron chi connectivity index (χ3n) is 2.89. The highest BCUT2D eigenvalue weighted by Crippen LogP contribution is 2.08. The molecule has 0 aliphatic carbocycles. The molecule has 0 spiro atoms. The van der Waals surface area contributed by atoms with E-state index in [0.29, 0.717) is 6.61 Å². The fourth-order valence-electron chi connectivity index (χ4n) is 1.85. The van der Waals surface area contributed by atoms with Gasteiger partial charge in [-0.25, -0.2) is 0 Å². The quantitative estimate of drug-likeness (QED) is 0.648. The van der Waals surface area contributed by atoms with E-state index in [1.807, 2.05) is 0 Å². The van der Waals surface area contributed by atoms with Crippen molar-refractivity contribution in [3.8, 4) is 0 Å². The van der Waals surface area contributed by atoms with Gasteiger partial charge in [0.15, 0.2) is 0 Å². The van der Waals surface area contributed by atoms with E-state index in [2.05, 4.69) is 29.6 Å². The number of nitrogens with one attached hydrogen (secondary N) is 1. The molecular weight excluding hydrogens is 226 g/mol. The highest BCUT2D eigenvalue weighted by molar-refractivity contribution is 5.22. The van der Waals surface area contributed by atoms with Gasteiger partial charge in [0, 0.05) is 20.8 Å². The summed E-state index contributed by atoms with van der Waals surface area (Å²) >= 11 is 0. The van der Waals surface area contributed by atoms with Crippen molar-refractivity contribution in [3.63, 3.8) is 0 Å². The average Bonchev–Trinajstić information content (AvgIpc) is 2.40. The van der Waals surface area contributed by atoms with Gasteiger partial charge in [-0.15, -0.1) is 0 Å². The Hall–Kier alpha value is -0.900. The Kier molecular flexibility index (Phi) is 8.47. The van der Waals surface area contributed by atoms with Crippen LogP contribution in [0.4, 0.5) is 0 Å². The zero-order chi connectivity index (χ0) is 13.1. The van der Waals surface area contributed by atoms with Crippen molar-refractivity contribution in [3.05, 3.63) is 35.4 Å². The van der Waals surface area contributed by atoms with Gasteiger partial charge < -0.3 is 14.8 Å². The molecule has 0 atom stereocenters. The van der Waals surface area contributed by atoms with Crippen LogP contribution in [0.2, 0.25) is 0 Å². The Balaban J connectivity index is 2.08. The van der Waals surface area contributed by atoms with E-state index in [0.717, 1.165) is 26.1 Å². The van der Waals surface area contributed by atoms with Gasteiger partial charge in [0.05, 0.1) is 13.2 Å². The molecule has 0 saturated carbocycles. The predicted octanol–water partition coefficient (Wildman–Crippen LogP) is 2.39. The van der Waals surface area contributed by atoms with Crippen LogP contribution in [-0.4, -0.2) is 33.9 Å². The van der Waals surface area contributed by atoms with Crippen LogP contribution in [0, 0.1) is 0 Å². The normalized spacial score (nSPS) is 10.8. The fourth-order valence-corrected chi connectivity index (χ4v) is 1.85. The van der Waals surface area contributed by atoms with Gasteiger partial charge in [0.25, 0.3) is 0 Å². The van der Waals surface area contributed by atoms with E-state index < -0.39 is 0 Å². The number of ether oxygens (including phenoxy) is 2. The number of unbranched alkanes of at least 4 members (excludes halogenated alkanes) is 1. The van der Waals surface area contributed by atoms with Crippen LogP contribution in [0.25, 0.3) is 0 Å². The van der Waals surface area contributed by atoms with E-state index in [1.54, 1.807) is 14.2 Å². The summed E-state index contributed by atoms with van der Waals surface area (Å²) < 4.78 is 10.1. The number of aryl methyl sites for hydroxylation is 1. The third kappa shape index (κ3) is 6.74. The monoisotopic (exact) mass is 251 g/mol. The summed E-state index contributed by atoms with van der Waals surface area (Å²) in [6.45, 7) is 3.51. The molecule has 1 aromatic carbocycles. The molecule has 0 fully saturated rings. The molecule has 0 heterocycles. The number of hydrogen-bond donors (Lipinski definition) is 1. The molecule has 18 heavy (non-hydrogen) atoms. The second-order valence-electron chi connectivity index (χ2n) is 4.45. The zero-order valence-corrected chi connectivity index (χ0v) is 11.6. The molecule has 0 aliphatic rings. The first-order valence-electron chi connectivity index (χ1n) is 6.63. The van der Waals surface area contributed by atoms with Crippen LogP contribution < -0.4 is 5.32 Å².